The van der Waals surface area contributed by atoms with E-state index in [0.717, 1.165) is 5.56 Å². The summed E-state index contributed by atoms with van der Waals surface area (Å²) >= 11 is 0. The minimum absolute atomic E-state index is 0.0147. The Morgan fingerprint density at radius 2 is 1.34 bits per heavy atom. The van der Waals surface area contributed by atoms with Crippen molar-refractivity contribution < 1.29 is 53.3 Å². The predicted octanol–water partition coefficient (Wildman–Crippen LogP) is 6.07. The van der Waals surface area contributed by atoms with Gasteiger partial charge in [-0.1, -0.05) is 18.2 Å². The van der Waals surface area contributed by atoms with Crippen molar-refractivity contribution in [2.24, 2.45) is 0 Å². The SMILES string of the molecule is CCO[C@H](c1ccc(O)c(OC)c1)[C@H](COC(=O)c1ccc(O)cc1)Oc1ccc(/C=C/COC(=O)c2ccc(O)cc2)cc1OC. The molecule has 0 saturated carbocycles. The van der Waals surface area contributed by atoms with Crippen molar-refractivity contribution in [2.75, 3.05) is 34.0 Å². The molecule has 4 rings (SSSR count). The van der Waals surface area contributed by atoms with Gasteiger partial charge in [-0.05, 0) is 96.9 Å². The Bertz CT molecular complexity index is 1660. The highest BCUT2D eigenvalue weighted by Crippen LogP contribution is 2.36. The average Bonchev–Trinajstić information content (AvgIpc) is 3.08. The third-order valence-corrected chi connectivity index (χ3v) is 6.89. The van der Waals surface area contributed by atoms with Crippen LogP contribution in [-0.2, 0) is 14.2 Å². The van der Waals surface area contributed by atoms with Crippen LogP contribution in [0.1, 0.15) is 44.9 Å². The third kappa shape index (κ3) is 9.41. The van der Waals surface area contributed by atoms with Gasteiger partial charge in [-0.3, -0.25) is 0 Å². The standard InChI is InChI=1S/C36H36O11/c1-4-44-34(26-12-17-29(39)31(21-26)42-2)33(22-46-36(41)25-10-15-28(38)16-11-25)47-30-18-7-23(20-32(30)43-3)6-5-19-45-35(40)24-8-13-27(37)14-9-24/h5-18,20-21,33-34,37-39H,4,19,22H2,1-3H3/b6-5+/t33-,34+/m0/s1. The van der Waals surface area contributed by atoms with Gasteiger partial charge >= 0.3 is 11.9 Å². The molecule has 0 aromatic heterocycles. The molecule has 0 bridgehead atoms. The zero-order chi connectivity index (χ0) is 33.8. The lowest BCUT2D eigenvalue weighted by molar-refractivity contribution is -0.0508. The van der Waals surface area contributed by atoms with Crippen molar-refractivity contribution in [3.63, 3.8) is 0 Å². The molecule has 0 aliphatic rings. The molecule has 0 spiro atoms. The van der Waals surface area contributed by atoms with Crippen molar-refractivity contribution in [1.29, 1.82) is 0 Å². The van der Waals surface area contributed by atoms with E-state index in [1.165, 1.54) is 68.8 Å². The minimum atomic E-state index is -0.889. The Hall–Kier alpha value is -5.68. The molecule has 0 unspecified atom stereocenters. The zero-order valence-electron chi connectivity index (χ0n) is 26.1. The Morgan fingerprint density at radius 1 is 0.723 bits per heavy atom. The van der Waals surface area contributed by atoms with E-state index in [1.807, 2.05) is 6.92 Å². The van der Waals surface area contributed by atoms with Gasteiger partial charge in [0, 0.05) is 6.61 Å². The Balaban J connectivity index is 1.54. The average molecular weight is 645 g/mol. The van der Waals surface area contributed by atoms with Gasteiger partial charge < -0.3 is 43.7 Å². The maximum atomic E-state index is 12.9. The summed E-state index contributed by atoms with van der Waals surface area (Å²) in [6.07, 6.45) is 1.76. The molecule has 0 heterocycles. The second kappa shape index (κ2) is 16.6. The monoisotopic (exact) mass is 644 g/mol. The number of benzene rings is 4. The molecule has 0 amide bonds. The minimum Gasteiger partial charge on any atom is -0.508 e. The molecule has 0 fully saturated rings. The number of hydrogen-bond donors (Lipinski definition) is 3. The number of esters is 2. The maximum absolute atomic E-state index is 12.9. The van der Waals surface area contributed by atoms with Crippen LogP contribution in [0.3, 0.4) is 0 Å². The van der Waals surface area contributed by atoms with E-state index >= 15 is 0 Å². The third-order valence-electron chi connectivity index (χ3n) is 6.89. The lowest BCUT2D eigenvalue weighted by Gasteiger charge is -2.29. The Kier molecular flexibility index (Phi) is 12.1. The normalized spacial score (nSPS) is 12.2. The lowest BCUT2D eigenvalue weighted by Crippen LogP contribution is -2.33. The molecule has 0 aliphatic carbocycles. The molecular formula is C36H36O11. The van der Waals surface area contributed by atoms with Gasteiger partial charge in [0.05, 0.1) is 25.3 Å². The molecule has 4 aromatic rings. The van der Waals surface area contributed by atoms with Gasteiger partial charge in [0.2, 0.25) is 0 Å². The van der Waals surface area contributed by atoms with Crippen LogP contribution in [0.2, 0.25) is 0 Å². The molecule has 0 saturated heterocycles. The molecule has 246 valence electrons. The van der Waals surface area contributed by atoms with Gasteiger partial charge in [-0.25, -0.2) is 9.59 Å². The lowest BCUT2D eigenvalue weighted by atomic mass is 10.0. The van der Waals surface area contributed by atoms with Gasteiger partial charge in [0.15, 0.2) is 29.1 Å². The number of rotatable bonds is 15. The van der Waals surface area contributed by atoms with Crippen LogP contribution in [0.15, 0.2) is 91.0 Å². The van der Waals surface area contributed by atoms with E-state index in [-0.39, 0.29) is 48.4 Å². The molecule has 47 heavy (non-hydrogen) atoms. The number of ether oxygens (including phenoxy) is 6. The van der Waals surface area contributed by atoms with Crippen molar-refractivity contribution in [2.45, 2.75) is 19.1 Å². The first-order valence-corrected chi connectivity index (χ1v) is 14.6. The topological polar surface area (TPSA) is 150 Å². The zero-order valence-corrected chi connectivity index (χ0v) is 26.1. The number of methoxy groups -OCH3 is 2. The molecule has 11 nitrogen and oxygen atoms in total. The van der Waals surface area contributed by atoms with Crippen LogP contribution in [0.25, 0.3) is 6.08 Å². The summed E-state index contributed by atoms with van der Waals surface area (Å²) in [5.74, 6) is -0.193. The largest absolute Gasteiger partial charge is 0.508 e. The fraction of sp³-hybridized carbons (Fsp3) is 0.222. The first-order valence-electron chi connectivity index (χ1n) is 14.6. The maximum Gasteiger partial charge on any atom is 0.338 e. The van der Waals surface area contributed by atoms with E-state index in [2.05, 4.69) is 0 Å². The number of aromatic hydroxyl groups is 3. The molecule has 2 atom stereocenters. The van der Waals surface area contributed by atoms with E-state index < -0.39 is 24.1 Å². The van der Waals surface area contributed by atoms with Gasteiger partial charge in [-0.15, -0.1) is 0 Å². The smallest absolute Gasteiger partial charge is 0.338 e. The predicted molar refractivity (Wildman–Crippen MR) is 172 cm³/mol. The van der Waals surface area contributed by atoms with E-state index in [4.69, 9.17) is 28.4 Å². The molecular weight excluding hydrogens is 608 g/mol. The van der Waals surface area contributed by atoms with Crippen molar-refractivity contribution in [3.05, 3.63) is 113 Å². The van der Waals surface area contributed by atoms with Gasteiger partial charge in [-0.2, -0.15) is 0 Å². The summed E-state index contributed by atoms with van der Waals surface area (Å²) in [4.78, 5) is 25.1. The quantitative estimate of drug-likeness (QED) is 0.129. The fourth-order valence-electron chi connectivity index (χ4n) is 4.53. The highest BCUT2D eigenvalue weighted by Gasteiger charge is 2.30. The van der Waals surface area contributed by atoms with E-state index in [0.29, 0.717) is 22.6 Å². The van der Waals surface area contributed by atoms with Crippen molar-refractivity contribution >= 4 is 18.0 Å². The number of hydrogen-bond acceptors (Lipinski definition) is 11. The summed E-state index contributed by atoms with van der Waals surface area (Å²) in [6, 6.07) is 21.4. The summed E-state index contributed by atoms with van der Waals surface area (Å²) in [5.41, 5.74) is 1.89. The van der Waals surface area contributed by atoms with Crippen molar-refractivity contribution in [1.82, 2.24) is 0 Å². The summed E-state index contributed by atoms with van der Waals surface area (Å²) < 4.78 is 34.3. The number of carbonyl (C=O) groups is 2. The Labute approximate surface area is 272 Å². The first kappa shape index (κ1) is 34.2. The second-order valence-electron chi connectivity index (χ2n) is 10.1. The molecule has 4 aromatic carbocycles. The highest BCUT2D eigenvalue weighted by atomic mass is 16.6. The van der Waals surface area contributed by atoms with Crippen LogP contribution < -0.4 is 14.2 Å². The van der Waals surface area contributed by atoms with E-state index in [9.17, 15) is 24.9 Å². The molecule has 3 N–H and O–H groups in total. The van der Waals surface area contributed by atoms with E-state index in [1.54, 1.807) is 42.5 Å². The molecule has 0 aliphatic heterocycles. The fourth-order valence-corrected chi connectivity index (χ4v) is 4.53. The van der Waals surface area contributed by atoms with Gasteiger partial charge in [0.25, 0.3) is 0 Å². The van der Waals surface area contributed by atoms with Crippen LogP contribution in [-0.4, -0.2) is 67.4 Å². The van der Waals surface area contributed by atoms with Crippen molar-refractivity contribution in [3.8, 4) is 34.5 Å². The van der Waals surface area contributed by atoms with Crippen LogP contribution in [0.4, 0.5) is 0 Å². The number of phenolic OH excluding ortho intramolecular Hbond substituents is 3. The second-order valence-corrected chi connectivity index (χ2v) is 10.1. The summed E-state index contributed by atoms with van der Waals surface area (Å²) in [5, 5.41) is 29.1. The van der Waals surface area contributed by atoms with Crippen LogP contribution in [0.5, 0.6) is 34.5 Å². The Morgan fingerprint density at radius 3 is 1.94 bits per heavy atom. The van der Waals surface area contributed by atoms with Crippen LogP contribution in [0, 0.1) is 0 Å². The first-order chi connectivity index (χ1) is 22.7. The summed E-state index contributed by atoms with van der Waals surface area (Å²) in [7, 11) is 2.92. The van der Waals surface area contributed by atoms with Gasteiger partial charge in [0.1, 0.15) is 30.8 Å². The number of phenols is 3. The summed E-state index contributed by atoms with van der Waals surface area (Å²) in [6.45, 7) is 1.89. The molecule has 0 radical (unpaired) electrons. The van der Waals surface area contributed by atoms with Crippen LogP contribution >= 0.6 is 0 Å². The molecule has 11 heteroatoms. The number of carbonyl (C=O) groups excluding carboxylic acids is 2. The highest BCUT2D eigenvalue weighted by molar-refractivity contribution is 5.90.